The molecule has 0 aliphatic carbocycles. The molecule has 0 spiro atoms. The summed E-state index contributed by atoms with van der Waals surface area (Å²) >= 11 is 0. The molecule has 0 amide bonds. The predicted octanol–water partition coefficient (Wildman–Crippen LogP) is 1.45. The zero-order valence-electron chi connectivity index (χ0n) is 6.04. The molecule has 0 bridgehead atoms. The minimum atomic E-state index is 0.870. The summed E-state index contributed by atoms with van der Waals surface area (Å²) in [6, 6.07) is 9.84. The van der Waals surface area contributed by atoms with Crippen molar-refractivity contribution in [3.8, 4) is 0 Å². The van der Waals surface area contributed by atoms with Crippen LogP contribution in [-0.2, 0) is 0 Å². The van der Waals surface area contributed by atoms with Gasteiger partial charge in [0.1, 0.15) is 0 Å². The van der Waals surface area contributed by atoms with Crippen molar-refractivity contribution in [1.29, 1.82) is 0 Å². The van der Waals surface area contributed by atoms with Crippen LogP contribution in [0.1, 0.15) is 6.92 Å². The second kappa shape index (κ2) is 3.90. The summed E-state index contributed by atoms with van der Waals surface area (Å²) in [4.78, 5) is 0. The van der Waals surface area contributed by atoms with Gasteiger partial charge in [-0.2, -0.15) is 0 Å². The number of nitrogens with zero attached hydrogens (tertiary/aromatic N) is 1. The maximum atomic E-state index is 4.07. The van der Waals surface area contributed by atoms with Crippen LogP contribution in [-0.4, -0.2) is 6.54 Å². The molecule has 0 heterocycles. The van der Waals surface area contributed by atoms with Gasteiger partial charge >= 0.3 is 0 Å². The molecule has 1 aromatic rings. The van der Waals surface area contributed by atoms with E-state index in [-0.39, 0.29) is 0 Å². The topological polar surface area (TPSA) is 26.1 Å². The molecular weight excluding hydrogens is 124 g/mol. The third-order valence-corrected chi connectivity index (χ3v) is 1.12. The van der Waals surface area contributed by atoms with Gasteiger partial charge < -0.3 is 0 Å². The molecule has 53 valence electrons. The van der Waals surface area contributed by atoms with E-state index >= 15 is 0 Å². The molecule has 1 N–H and O–H groups in total. The van der Waals surface area contributed by atoms with Gasteiger partial charge in [0.25, 0.3) is 0 Å². The summed E-state index contributed by atoms with van der Waals surface area (Å²) < 4.78 is 0. The fourth-order valence-corrected chi connectivity index (χ4v) is 0.673. The molecule has 0 aliphatic rings. The van der Waals surface area contributed by atoms with Crippen molar-refractivity contribution in [1.82, 2.24) is 10.9 Å². The third kappa shape index (κ3) is 2.07. The number of benzene rings is 1. The van der Waals surface area contributed by atoms with Crippen LogP contribution in [0.2, 0.25) is 0 Å². The highest BCUT2D eigenvalue weighted by Crippen LogP contribution is 2.02. The Bertz CT molecular complexity index is 172. The van der Waals surface area contributed by atoms with Gasteiger partial charge in [0.2, 0.25) is 0 Å². The van der Waals surface area contributed by atoms with Crippen molar-refractivity contribution in [2.24, 2.45) is 0 Å². The molecule has 2 nitrogen and oxygen atoms in total. The van der Waals surface area contributed by atoms with Crippen LogP contribution in [0.4, 0.5) is 5.69 Å². The van der Waals surface area contributed by atoms with Gasteiger partial charge in [-0.3, -0.25) is 0 Å². The highest BCUT2D eigenvalue weighted by molar-refractivity contribution is 5.33. The average molecular weight is 135 g/mol. The van der Waals surface area contributed by atoms with Crippen molar-refractivity contribution >= 4 is 5.69 Å². The maximum absolute atomic E-state index is 4.07. The maximum Gasteiger partial charge on any atom is 0.0774 e. The third-order valence-electron chi connectivity index (χ3n) is 1.12. The highest BCUT2D eigenvalue weighted by Gasteiger charge is 1.86. The summed E-state index contributed by atoms with van der Waals surface area (Å²) in [7, 11) is 0. The number of rotatable bonds is 3. The van der Waals surface area contributed by atoms with E-state index in [0.717, 1.165) is 12.2 Å². The molecule has 0 atom stereocenters. The van der Waals surface area contributed by atoms with Crippen molar-refractivity contribution in [3.63, 3.8) is 0 Å². The largest absolute Gasteiger partial charge is 0.214 e. The van der Waals surface area contributed by atoms with Crippen LogP contribution < -0.4 is 10.9 Å². The molecule has 0 saturated carbocycles. The van der Waals surface area contributed by atoms with E-state index in [2.05, 4.69) is 10.9 Å². The molecule has 0 aromatic heterocycles. The van der Waals surface area contributed by atoms with Gasteiger partial charge in [0.15, 0.2) is 0 Å². The van der Waals surface area contributed by atoms with Crippen molar-refractivity contribution < 1.29 is 0 Å². The fourth-order valence-electron chi connectivity index (χ4n) is 0.673. The van der Waals surface area contributed by atoms with E-state index in [1.165, 1.54) is 0 Å². The first-order chi connectivity index (χ1) is 4.93. The van der Waals surface area contributed by atoms with E-state index in [4.69, 9.17) is 0 Å². The normalized spacial score (nSPS) is 9.30. The smallest absolute Gasteiger partial charge is 0.0774 e. The van der Waals surface area contributed by atoms with E-state index in [1.807, 2.05) is 37.3 Å². The van der Waals surface area contributed by atoms with Crippen molar-refractivity contribution in [3.05, 3.63) is 30.3 Å². The van der Waals surface area contributed by atoms with Gasteiger partial charge in [-0.05, 0) is 12.1 Å². The molecule has 0 saturated heterocycles. The van der Waals surface area contributed by atoms with Gasteiger partial charge in [-0.1, -0.05) is 25.1 Å². The fraction of sp³-hybridized carbons (Fsp3) is 0.250. The zero-order chi connectivity index (χ0) is 7.23. The molecule has 1 aromatic carbocycles. The van der Waals surface area contributed by atoms with Gasteiger partial charge in [-0.25, -0.2) is 10.9 Å². The monoisotopic (exact) mass is 135 g/mol. The Morgan fingerprint density at radius 1 is 1.30 bits per heavy atom. The first-order valence-electron chi connectivity index (χ1n) is 3.42. The number of nitrogens with one attached hydrogen (secondary N) is 1. The highest BCUT2D eigenvalue weighted by atomic mass is 15.3. The molecule has 2 heteroatoms. The standard InChI is InChI=1S/C8H11N2/c1-2-9-10-8-6-4-3-5-7-8/h3-7,9H,2H2,1H3. The minimum absolute atomic E-state index is 0.870. The van der Waals surface area contributed by atoms with Gasteiger partial charge in [0.05, 0.1) is 5.69 Å². The zero-order valence-corrected chi connectivity index (χ0v) is 6.04. The number of hydrogen-bond donors (Lipinski definition) is 1. The Hall–Kier alpha value is -1.02. The molecule has 10 heavy (non-hydrogen) atoms. The van der Waals surface area contributed by atoms with Crippen LogP contribution in [0.5, 0.6) is 0 Å². The van der Waals surface area contributed by atoms with E-state index < -0.39 is 0 Å². The Kier molecular flexibility index (Phi) is 2.77. The Morgan fingerprint density at radius 3 is 2.60 bits per heavy atom. The number of para-hydroxylation sites is 1. The second-order valence-corrected chi connectivity index (χ2v) is 1.96. The van der Waals surface area contributed by atoms with E-state index in [1.54, 1.807) is 0 Å². The molecule has 0 fully saturated rings. The Morgan fingerprint density at radius 2 is 2.00 bits per heavy atom. The van der Waals surface area contributed by atoms with Gasteiger partial charge in [0, 0.05) is 6.54 Å². The molecule has 1 radical (unpaired) electrons. The summed E-state index contributed by atoms with van der Waals surface area (Å²) in [5, 5.41) is 0. The number of hydrogen-bond acceptors (Lipinski definition) is 1. The molecule has 0 unspecified atom stereocenters. The summed E-state index contributed by atoms with van der Waals surface area (Å²) in [6.07, 6.45) is 0. The second-order valence-electron chi connectivity index (χ2n) is 1.96. The van der Waals surface area contributed by atoms with Crippen molar-refractivity contribution in [2.75, 3.05) is 6.54 Å². The first kappa shape index (κ1) is 7.09. The average Bonchev–Trinajstić information content (AvgIpc) is 2.03. The SMILES string of the molecule is CCN[N]c1ccccc1. The predicted molar refractivity (Wildman–Crippen MR) is 41.9 cm³/mol. The summed E-state index contributed by atoms with van der Waals surface area (Å²) in [5.74, 6) is 0. The van der Waals surface area contributed by atoms with E-state index in [9.17, 15) is 0 Å². The summed E-state index contributed by atoms with van der Waals surface area (Å²) in [5.41, 5.74) is 7.94. The lowest BCUT2D eigenvalue weighted by Gasteiger charge is -1.99. The van der Waals surface area contributed by atoms with Crippen LogP contribution in [0.25, 0.3) is 0 Å². The van der Waals surface area contributed by atoms with Crippen LogP contribution in [0.15, 0.2) is 30.3 Å². The van der Waals surface area contributed by atoms with Crippen LogP contribution in [0, 0.1) is 0 Å². The quantitative estimate of drug-likeness (QED) is 0.624. The lowest BCUT2D eigenvalue weighted by atomic mass is 10.3. The van der Waals surface area contributed by atoms with Crippen LogP contribution in [0.3, 0.4) is 0 Å². The van der Waals surface area contributed by atoms with Crippen molar-refractivity contribution in [2.45, 2.75) is 6.92 Å². The van der Waals surface area contributed by atoms with E-state index in [0.29, 0.717) is 0 Å². The Labute approximate surface area is 61.2 Å². The first-order valence-corrected chi connectivity index (χ1v) is 3.42. The summed E-state index contributed by atoms with van der Waals surface area (Å²) in [6.45, 7) is 2.89. The minimum Gasteiger partial charge on any atom is -0.214 e. The lowest BCUT2D eigenvalue weighted by molar-refractivity contribution is 0.651. The van der Waals surface area contributed by atoms with Gasteiger partial charge in [-0.15, -0.1) is 0 Å². The lowest BCUT2D eigenvalue weighted by Crippen LogP contribution is -2.19. The molecule has 1 rings (SSSR count). The molecular formula is C8H11N2. The van der Waals surface area contributed by atoms with Crippen LogP contribution >= 0.6 is 0 Å². The Balaban J connectivity index is 2.43. The molecule has 0 aliphatic heterocycles.